The zero-order chi connectivity index (χ0) is 18.0. The number of rotatable bonds is 5. The smallest absolute Gasteiger partial charge is 0.278 e. The van der Waals surface area contributed by atoms with E-state index in [0.29, 0.717) is 5.95 Å². The summed E-state index contributed by atoms with van der Waals surface area (Å²) in [6.45, 7) is 5.02. The predicted octanol–water partition coefficient (Wildman–Crippen LogP) is 3.96. The Balaban J connectivity index is 1.92. The molecular formula is C19H23ClN4O. The maximum absolute atomic E-state index is 13.2. The lowest BCUT2D eigenvalue weighted by Crippen LogP contribution is -2.36. The summed E-state index contributed by atoms with van der Waals surface area (Å²) in [5, 5.41) is 0.286. The van der Waals surface area contributed by atoms with E-state index in [1.807, 2.05) is 37.1 Å². The van der Waals surface area contributed by atoms with E-state index in [0.717, 1.165) is 31.5 Å². The minimum absolute atomic E-state index is 0.0807. The number of fused-ring (bicyclic) bond motifs is 1. The van der Waals surface area contributed by atoms with Gasteiger partial charge in [0.25, 0.3) is 5.91 Å². The second-order valence-corrected chi connectivity index (χ2v) is 6.91. The molecule has 1 aliphatic heterocycles. The number of para-hydroxylation sites is 1. The lowest BCUT2D eigenvalue weighted by molar-refractivity contribution is 0.0976. The Morgan fingerprint density at radius 2 is 2.16 bits per heavy atom. The highest BCUT2D eigenvalue weighted by Crippen LogP contribution is 2.33. The van der Waals surface area contributed by atoms with Gasteiger partial charge in [-0.2, -0.15) is 0 Å². The SMILES string of the molecule is CCCCN(C)c1ncc(Cl)c(C(=O)N2c3ccccc3C[C@H]2C)n1. The molecule has 0 radical (unpaired) electrons. The van der Waals surface area contributed by atoms with Crippen LogP contribution in [-0.4, -0.2) is 35.5 Å². The maximum atomic E-state index is 13.2. The zero-order valence-corrected chi connectivity index (χ0v) is 15.6. The number of amides is 1. The third kappa shape index (κ3) is 3.47. The topological polar surface area (TPSA) is 49.3 Å². The molecule has 132 valence electrons. The third-order valence-corrected chi connectivity index (χ3v) is 4.83. The average molecular weight is 359 g/mol. The first-order chi connectivity index (χ1) is 12.0. The molecule has 0 aliphatic carbocycles. The number of hydrogen-bond donors (Lipinski definition) is 0. The summed E-state index contributed by atoms with van der Waals surface area (Å²) in [6.07, 6.45) is 4.49. The molecule has 5 nitrogen and oxygen atoms in total. The lowest BCUT2D eigenvalue weighted by atomic mass is 10.1. The Bertz CT molecular complexity index is 780. The first-order valence-corrected chi connectivity index (χ1v) is 9.05. The number of hydrogen-bond acceptors (Lipinski definition) is 4. The number of anilines is 2. The summed E-state index contributed by atoms with van der Waals surface area (Å²) in [7, 11) is 1.93. The van der Waals surface area contributed by atoms with E-state index in [1.54, 1.807) is 4.90 Å². The van der Waals surface area contributed by atoms with Gasteiger partial charge < -0.3 is 9.80 Å². The second kappa shape index (κ2) is 7.40. The van der Waals surface area contributed by atoms with Crippen LogP contribution in [0.4, 0.5) is 11.6 Å². The third-order valence-electron chi connectivity index (χ3n) is 4.55. The Morgan fingerprint density at radius 1 is 1.40 bits per heavy atom. The molecule has 1 aromatic heterocycles. The standard InChI is InChI=1S/C19H23ClN4O/c1-4-5-10-23(3)19-21-12-15(20)17(22-19)18(25)24-13(2)11-14-8-6-7-9-16(14)24/h6-9,12-13H,4-5,10-11H2,1-3H3/t13-/m1/s1. The van der Waals surface area contributed by atoms with Gasteiger partial charge in [-0.25, -0.2) is 9.97 Å². The van der Waals surface area contributed by atoms with Crippen LogP contribution in [0.1, 0.15) is 42.7 Å². The summed E-state index contributed by atoms with van der Waals surface area (Å²) in [5.41, 5.74) is 2.38. The van der Waals surface area contributed by atoms with Gasteiger partial charge in [-0.05, 0) is 31.4 Å². The first kappa shape index (κ1) is 17.7. The Morgan fingerprint density at radius 3 is 2.92 bits per heavy atom. The molecule has 0 spiro atoms. The van der Waals surface area contributed by atoms with Crippen LogP contribution >= 0.6 is 11.6 Å². The van der Waals surface area contributed by atoms with E-state index >= 15 is 0 Å². The number of unbranched alkanes of at least 4 members (excludes halogenated alkanes) is 1. The molecule has 0 unspecified atom stereocenters. The summed E-state index contributed by atoms with van der Waals surface area (Å²) >= 11 is 6.26. The van der Waals surface area contributed by atoms with Gasteiger partial charge in [-0.3, -0.25) is 4.79 Å². The molecule has 3 rings (SSSR count). The summed E-state index contributed by atoms with van der Waals surface area (Å²) < 4.78 is 0. The van der Waals surface area contributed by atoms with Crippen molar-refractivity contribution < 1.29 is 4.79 Å². The van der Waals surface area contributed by atoms with Crippen molar-refractivity contribution >= 4 is 29.1 Å². The molecule has 1 atom stereocenters. The summed E-state index contributed by atoms with van der Waals surface area (Å²) in [6, 6.07) is 8.06. The van der Waals surface area contributed by atoms with Gasteiger partial charge in [0.2, 0.25) is 5.95 Å². The minimum Gasteiger partial charge on any atom is -0.344 e. The molecule has 1 amide bonds. The van der Waals surface area contributed by atoms with Crippen molar-refractivity contribution in [1.29, 1.82) is 0 Å². The fraction of sp³-hybridized carbons (Fsp3) is 0.421. The quantitative estimate of drug-likeness (QED) is 0.811. The largest absolute Gasteiger partial charge is 0.344 e. The highest BCUT2D eigenvalue weighted by molar-refractivity contribution is 6.34. The number of nitrogens with zero attached hydrogens (tertiary/aromatic N) is 4. The highest BCUT2D eigenvalue weighted by Gasteiger charge is 2.33. The molecule has 1 aliphatic rings. The highest BCUT2D eigenvalue weighted by atomic mass is 35.5. The fourth-order valence-electron chi connectivity index (χ4n) is 3.18. The van der Waals surface area contributed by atoms with Gasteiger partial charge in [-0.1, -0.05) is 43.1 Å². The molecule has 0 bridgehead atoms. The van der Waals surface area contributed by atoms with Gasteiger partial charge >= 0.3 is 0 Å². The molecule has 1 aromatic carbocycles. The summed E-state index contributed by atoms with van der Waals surface area (Å²) in [5.74, 6) is 0.358. The molecule has 0 fully saturated rings. The van der Waals surface area contributed by atoms with Gasteiger partial charge in [0.05, 0.1) is 11.2 Å². The molecule has 6 heteroatoms. The van der Waals surface area contributed by atoms with Crippen LogP contribution in [0.2, 0.25) is 5.02 Å². The van der Waals surface area contributed by atoms with Crippen LogP contribution in [-0.2, 0) is 6.42 Å². The van der Waals surface area contributed by atoms with Crippen molar-refractivity contribution in [3.8, 4) is 0 Å². The van der Waals surface area contributed by atoms with Crippen molar-refractivity contribution in [2.75, 3.05) is 23.4 Å². The van der Waals surface area contributed by atoms with Gasteiger partial charge in [-0.15, -0.1) is 0 Å². The zero-order valence-electron chi connectivity index (χ0n) is 14.9. The van der Waals surface area contributed by atoms with Crippen molar-refractivity contribution in [3.05, 3.63) is 46.7 Å². The van der Waals surface area contributed by atoms with Gasteiger partial charge in [0, 0.05) is 25.3 Å². The summed E-state index contributed by atoms with van der Waals surface area (Å²) in [4.78, 5) is 25.7. The minimum atomic E-state index is -0.171. The van der Waals surface area contributed by atoms with Crippen molar-refractivity contribution in [2.45, 2.75) is 39.2 Å². The molecule has 0 saturated heterocycles. The molecule has 0 saturated carbocycles. The van der Waals surface area contributed by atoms with Crippen molar-refractivity contribution in [2.24, 2.45) is 0 Å². The Hall–Kier alpha value is -2.14. The molecule has 2 aromatic rings. The van der Waals surface area contributed by atoms with Crippen LogP contribution in [0.25, 0.3) is 0 Å². The Labute approximate surface area is 153 Å². The van der Waals surface area contributed by atoms with E-state index in [4.69, 9.17) is 11.6 Å². The van der Waals surface area contributed by atoms with Crippen LogP contribution in [0.3, 0.4) is 0 Å². The van der Waals surface area contributed by atoms with E-state index in [2.05, 4.69) is 23.0 Å². The fourth-order valence-corrected chi connectivity index (χ4v) is 3.35. The number of carbonyl (C=O) groups excluding carboxylic acids is 1. The van der Waals surface area contributed by atoms with E-state index in [9.17, 15) is 4.79 Å². The van der Waals surface area contributed by atoms with E-state index in [-0.39, 0.29) is 22.7 Å². The van der Waals surface area contributed by atoms with Gasteiger partial charge in [0.1, 0.15) is 0 Å². The lowest BCUT2D eigenvalue weighted by Gasteiger charge is -2.23. The average Bonchev–Trinajstić information content (AvgIpc) is 2.95. The predicted molar refractivity (Wildman–Crippen MR) is 102 cm³/mol. The van der Waals surface area contributed by atoms with Crippen LogP contribution < -0.4 is 9.80 Å². The van der Waals surface area contributed by atoms with Crippen molar-refractivity contribution in [1.82, 2.24) is 9.97 Å². The van der Waals surface area contributed by atoms with Crippen LogP contribution in [0, 0.1) is 0 Å². The molecular weight excluding hydrogens is 336 g/mol. The number of benzene rings is 1. The van der Waals surface area contributed by atoms with Crippen LogP contribution in [0.5, 0.6) is 0 Å². The van der Waals surface area contributed by atoms with E-state index in [1.165, 1.54) is 11.8 Å². The number of aromatic nitrogens is 2. The first-order valence-electron chi connectivity index (χ1n) is 8.68. The Kier molecular flexibility index (Phi) is 5.23. The monoisotopic (exact) mass is 358 g/mol. The molecule has 2 heterocycles. The second-order valence-electron chi connectivity index (χ2n) is 6.50. The maximum Gasteiger partial charge on any atom is 0.278 e. The molecule has 0 N–H and O–H groups in total. The van der Waals surface area contributed by atoms with Crippen LogP contribution in [0.15, 0.2) is 30.5 Å². The van der Waals surface area contributed by atoms with Gasteiger partial charge in [0.15, 0.2) is 5.69 Å². The van der Waals surface area contributed by atoms with Crippen molar-refractivity contribution in [3.63, 3.8) is 0 Å². The normalized spacial score (nSPS) is 16.0. The van der Waals surface area contributed by atoms with E-state index < -0.39 is 0 Å². The number of carbonyl (C=O) groups is 1. The molecule has 25 heavy (non-hydrogen) atoms. The number of halogens is 1.